The molecule has 0 fully saturated rings. The van der Waals surface area contributed by atoms with Crippen molar-refractivity contribution in [1.82, 2.24) is 0 Å². The Morgan fingerprint density at radius 1 is 1.38 bits per heavy atom. The zero-order chi connectivity index (χ0) is 11.1. The summed E-state index contributed by atoms with van der Waals surface area (Å²) in [5.41, 5.74) is 4.43. The molecule has 0 saturated heterocycles. The lowest BCUT2D eigenvalue weighted by molar-refractivity contribution is -0.116. The molecule has 0 radical (unpaired) electrons. The number of carbonyl (C=O) groups is 1. The molecule has 2 aliphatic heterocycles. The Labute approximate surface area is 94.7 Å². The molecule has 3 nitrogen and oxygen atoms in total. The molecule has 0 aromatic rings. The minimum atomic E-state index is -0.236. The zero-order valence-corrected chi connectivity index (χ0v) is 9.36. The molecule has 1 atom stereocenters. The first-order valence-electron chi connectivity index (χ1n) is 5.81. The summed E-state index contributed by atoms with van der Waals surface area (Å²) in [4.78, 5) is 21.0. The second-order valence-electron chi connectivity index (χ2n) is 4.50. The summed E-state index contributed by atoms with van der Waals surface area (Å²) >= 11 is 0. The normalized spacial score (nSPS) is 31.6. The molecule has 3 heteroatoms. The van der Waals surface area contributed by atoms with Gasteiger partial charge in [-0.3, -0.25) is 14.8 Å². The molecule has 0 N–H and O–H groups in total. The van der Waals surface area contributed by atoms with E-state index < -0.39 is 0 Å². The molecule has 0 saturated carbocycles. The highest BCUT2D eigenvalue weighted by atomic mass is 16.1. The van der Waals surface area contributed by atoms with Gasteiger partial charge in [0, 0.05) is 23.1 Å². The van der Waals surface area contributed by atoms with Crippen molar-refractivity contribution in [3.63, 3.8) is 0 Å². The number of nitrogens with zero attached hydrogens (tertiary/aromatic N) is 2. The van der Waals surface area contributed by atoms with Gasteiger partial charge in [0.2, 0.25) is 0 Å². The summed E-state index contributed by atoms with van der Waals surface area (Å²) in [5.74, 6) is 0.186. The van der Waals surface area contributed by atoms with Crippen molar-refractivity contribution < 1.29 is 4.79 Å². The molecule has 3 aliphatic rings. The monoisotopic (exact) mass is 214 g/mol. The van der Waals surface area contributed by atoms with Gasteiger partial charge in [0.05, 0.1) is 6.54 Å². The summed E-state index contributed by atoms with van der Waals surface area (Å²) in [6.45, 7) is 2.59. The Balaban J connectivity index is 2.20. The van der Waals surface area contributed by atoms with Crippen LogP contribution in [0.2, 0.25) is 0 Å². The molecule has 16 heavy (non-hydrogen) atoms. The third kappa shape index (κ3) is 1.31. The van der Waals surface area contributed by atoms with E-state index in [1.54, 1.807) is 6.21 Å². The van der Waals surface area contributed by atoms with Crippen LogP contribution in [0, 0.1) is 0 Å². The van der Waals surface area contributed by atoms with Crippen LogP contribution in [0.15, 0.2) is 32.8 Å². The van der Waals surface area contributed by atoms with E-state index in [1.165, 1.54) is 5.57 Å². The summed E-state index contributed by atoms with van der Waals surface area (Å²) in [6.07, 6.45) is 6.74. The van der Waals surface area contributed by atoms with E-state index in [0.29, 0.717) is 0 Å². The Morgan fingerprint density at radius 2 is 2.25 bits per heavy atom. The molecule has 0 aromatic heterocycles. The maximum Gasteiger partial charge on any atom is 0.183 e. The first kappa shape index (κ1) is 9.70. The maximum absolute atomic E-state index is 12.2. The number of rotatable bonds is 0. The molecule has 1 unspecified atom stereocenters. The van der Waals surface area contributed by atoms with Crippen molar-refractivity contribution >= 4 is 17.7 Å². The van der Waals surface area contributed by atoms with Crippen molar-refractivity contribution in [3.8, 4) is 0 Å². The Hall–Kier alpha value is -1.51. The molecule has 82 valence electrons. The highest BCUT2D eigenvalue weighted by molar-refractivity contribution is 6.16. The largest absolute Gasteiger partial charge is 0.292 e. The predicted octanol–water partition coefficient (Wildman–Crippen LogP) is 1.89. The van der Waals surface area contributed by atoms with Gasteiger partial charge in [0.15, 0.2) is 5.78 Å². The topological polar surface area (TPSA) is 41.8 Å². The molecular weight excluding hydrogens is 200 g/mol. The minimum Gasteiger partial charge on any atom is -0.292 e. The number of aliphatic imine (C=N–C) groups is 2. The average molecular weight is 214 g/mol. The van der Waals surface area contributed by atoms with Crippen LogP contribution in [0.4, 0.5) is 0 Å². The van der Waals surface area contributed by atoms with E-state index in [4.69, 9.17) is 0 Å². The quantitative estimate of drug-likeness (QED) is 0.607. The summed E-state index contributed by atoms with van der Waals surface area (Å²) in [7, 11) is 0. The van der Waals surface area contributed by atoms with Crippen molar-refractivity contribution in [3.05, 3.63) is 22.8 Å². The maximum atomic E-state index is 12.2. The fraction of sp³-hybridized carbons (Fsp3) is 0.462. The average Bonchev–Trinajstić information content (AvgIpc) is 2.70. The standard InChI is InChI=1S/C13H14N2O/c1-8-13(16)10-3-2-4-11-12(10)9(7-15-11)5-6-14-8/h5-6,8H,2-4,7H2,1H3/b9-5-,14-6?. The van der Waals surface area contributed by atoms with Crippen LogP contribution in [0.25, 0.3) is 0 Å². The first-order chi connectivity index (χ1) is 7.77. The van der Waals surface area contributed by atoms with Crippen LogP contribution >= 0.6 is 0 Å². The molecule has 3 rings (SSSR count). The van der Waals surface area contributed by atoms with E-state index in [0.717, 1.165) is 42.7 Å². The minimum absolute atomic E-state index is 0.186. The van der Waals surface area contributed by atoms with Crippen LogP contribution in [0.5, 0.6) is 0 Å². The highest BCUT2D eigenvalue weighted by Crippen LogP contribution is 2.34. The molecule has 0 aromatic carbocycles. The Morgan fingerprint density at radius 3 is 3.12 bits per heavy atom. The zero-order valence-electron chi connectivity index (χ0n) is 9.36. The number of allylic oxidation sites excluding steroid dienone is 1. The second-order valence-corrected chi connectivity index (χ2v) is 4.50. The van der Waals surface area contributed by atoms with E-state index >= 15 is 0 Å². The van der Waals surface area contributed by atoms with Gasteiger partial charge >= 0.3 is 0 Å². The lowest BCUT2D eigenvalue weighted by Gasteiger charge is -2.21. The third-order valence-corrected chi connectivity index (χ3v) is 3.45. The van der Waals surface area contributed by atoms with Crippen LogP contribution in [0.3, 0.4) is 0 Å². The number of Topliss-reactive ketones (excluding diaryl/α,β-unsaturated/α-hetero) is 1. The van der Waals surface area contributed by atoms with Gasteiger partial charge in [-0.2, -0.15) is 0 Å². The van der Waals surface area contributed by atoms with Gasteiger partial charge in [-0.25, -0.2) is 0 Å². The van der Waals surface area contributed by atoms with Gasteiger partial charge in [0.1, 0.15) is 6.04 Å². The number of carbonyl (C=O) groups excluding carboxylic acids is 1. The van der Waals surface area contributed by atoms with E-state index in [9.17, 15) is 4.79 Å². The summed E-state index contributed by atoms with van der Waals surface area (Å²) in [6, 6.07) is -0.236. The SMILES string of the molecule is CC1N=C/C=C2/CN=C3CCCC(=C32)C1=O. The smallest absolute Gasteiger partial charge is 0.183 e. The molecular formula is C13H14N2O. The van der Waals surface area contributed by atoms with Gasteiger partial charge in [-0.05, 0) is 37.8 Å². The van der Waals surface area contributed by atoms with Crippen LogP contribution < -0.4 is 0 Å². The van der Waals surface area contributed by atoms with Crippen molar-refractivity contribution in [2.45, 2.75) is 32.2 Å². The van der Waals surface area contributed by atoms with Crippen LogP contribution in [-0.4, -0.2) is 30.3 Å². The molecule has 0 spiro atoms. The highest BCUT2D eigenvalue weighted by Gasteiger charge is 2.31. The second kappa shape index (κ2) is 3.51. The van der Waals surface area contributed by atoms with Gasteiger partial charge in [-0.15, -0.1) is 0 Å². The first-order valence-corrected chi connectivity index (χ1v) is 5.81. The van der Waals surface area contributed by atoms with Crippen molar-refractivity contribution in [2.75, 3.05) is 6.54 Å². The number of ketones is 1. The molecule has 0 amide bonds. The van der Waals surface area contributed by atoms with E-state index in [1.807, 2.05) is 13.0 Å². The molecule has 2 heterocycles. The van der Waals surface area contributed by atoms with Crippen molar-refractivity contribution in [2.24, 2.45) is 9.98 Å². The van der Waals surface area contributed by atoms with E-state index in [2.05, 4.69) is 9.98 Å². The van der Waals surface area contributed by atoms with Crippen LogP contribution in [0.1, 0.15) is 26.2 Å². The lowest BCUT2D eigenvalue weighted by Crippen LogP contribution is -2.24. The van der Waals surface area contributed by atoms with Gasteiger partial charge < -0.3 is 0 Å². The van der Waals surface area contributed by atoms with Crippen molar-refractivity contribution in [1.29, 1.82) is 0 Å². The Bertz CT molecular complexity index is 480. The van der Waals surface area contributed by atoms with Crippen LogP contribution in [-0.2, 0) is 4.79 Å². The van der Waals surface area contributed by atoms with E-state index in [-0.39, 0.29) is 11.8 Å². The number of hydrogen-bond donors (Lipinski definition) is 0. The summed E-state index contributed by atoms with van der Waals surface area (Å²) < 4.78 is 0. The third-order valence-electron chi connectivity index (χ3n) is 3.45. The number of hydrogen-bond acceptors (Lipinski definition) is 3. The lowest BCUT2D eigenvalue weighted by atomic mass is 9.83. The molecule has 0 bridgehead atoms. The predicted molar refractivity (Wildman–Crippen MR) is 64.2 cm³/mol. The van der Waals surface area contributed by atoms with Gasteiger partial charge in [-0.1, -0.05) is 0 Å². The van der Waals surface area contributed by atoms with Gasteiger partial charge in [0.25, 0.3) is 0 Å². The summed E-state index contributed by atoms with van der Waals surface area (Å²) in [5, 5.41) is 0. The fourth-order valence-corrected chi connectivity index (χ4v) is 2.62. The molecule has 1 aliphatic carbocycles. The fourth-order valence-electron chi connectivity index (χ4n) is 2.62. The Kier molecular flexibility index (Phi) is 2.13.